The van der Waals surface area contributed by atoms with Crippen molar-refractivity contribution in [2.45, 2.75) is 46.3 Å². The molecule has 2 heterocycles. The van der Waals surface area contributed by atoms with E-state index in [9.17, 15) is 0 Å². The van der Waals surface area contributed by atoms with Gasteiger partial charge in [-0.25, -0.2) is 9.97 Å². The van der Waals surface area contributed by atoms with E-state index in [2.05, 4.69) is 29.1 Å². The summed E-state index contributed by atoms with van der Waals surface area (Å²) in [5, 5.41) is 3.43. The van der Waals surface area contributed by atoms with Crippen LogP contribution in [0.3, 0.4) is 0 Å². The number of hydrogen-bond donors (Lipinski definition) is 1. The largest absolute Gasteiger partial charge is 0.376 e. The summed E-state index contributed by atoms with van der Waals surface area (Å²) < 4.78 is 11.1. The summed E-state index contributed by atoms with van der Waals surface area (Å²) >= 11 is 0. The zero-order valence-electron chi connectivity index (χ0n) is 12.9. The first-order chi connectivity index (χ1) is 9.58. The fraction of sp³-hybridized carbons (Fsp3) is 0.733. The van der Waals surface area contributed by atoms with Crippen LogP contribution in [0.15, 0.2) is 0 Å². The number of nitrogens with one attached hydrogen (secondary N) is 1. The minimum absolute atomic E-state index is 0.121. The molecular weight excluding hydrogens is 254 g/mol. The highest BCUT2D eigenvalue weighted by molar-refractivity contribution is 5.25. The van der Waals surface area contributed by atoms with E-state index in [1.165, 1.54) is 5.56 Å². The lowest BCUT2D eigenvalue weighted by atomic mass is 10.1. The molecule has 112 valence electrons. The second-order valence-electron chi connectivity index (χ2n) is 5.52. The third kappa shape index (κ3) is 3.98. The van der Waals surface area contributed by atoms with Crippen LogP contribution in [0, 0.1) is 13.8 Å². The first-order valence-corrected chi connectivity index (χ1v) is 7.34. The van der Waals surface area contributed by atoms with Crippen molar-refractivity contribution in [3.8, 4) is 0 Å². The van der Waals surface area contributed by atoms with Gasteiger partial charge in [-0.1, -0.05) is 13.8 Å². The average molecular weight is 279 g/mol. The third-order valence-corrected chi connectivity index (χ3v) is 3.47. The van der Waals surface area contributed by atoms with Crippen LogP contribution in [-0.2, 0) is 15.9 Å². The number of ether oxygens (including phenoxy) is 2. The molecule has 0 amide bonds. The zero-order valence-corrected chi connectivity index (χ0v) is 12.9. The van der Waals surface area contributed by atoms with Gasteiger partial charge in [-0.2, -0.15) is 0 Å². The summed E-state index contributed by atoms with van der Waals surface area (Å²) in [5.74, 6) is 0.750. The van der Waals surface area contributed by atoms with Crippen molar-refractivity contribution in [2.24, 2.45) is 0 Å². The Balaban J connectivity index is 2.07. The van der Waals surface area contributed by atoms with Crippen LogP contribution in [0.4, 0.5) is 0 Å². The van der Waals surface area contributed by atoms with Gasteiger partial charge in [-0.3, -0.25) is 0 Å². The van der Waals surface area contributed by atoms with E-state index in [0.717, 1.165) is 30.2 Å². The molecule has 1 N–H and O–H groups in total. The van der Waals surface area contributed by atoms with Gasteiger partial charge in [0.15, 0.2) is 5.82 Å². The zero-order chi connectivity index (χ0) is 14.5. The number of nitrogens with zero attached hydrogens (tertiary/aromatic N) is 2. The predicted molar refractivity (Wildman–Crippen MR) is 77.9 cm³/mol. The lowest BCUT2D eigenvalue weighted by molar-refractivity contribution is -0.0936. The molecule has 1 atom stereocenters. The molecule has 0 saturated carbocycles. The number of rotatable bonds is 5. The Morgan fingerprint density at radius 2 is 1.90 bits per heavy atom. The molecule has 1 saturated heterocycles. The molecule has 1 aliphatic heterocycles. The average Bonchev–Trinajstić information content (AvgIpc) is 2.42. The van der Waals surface area contributed by atoms with Gasteiger partial charge < -0.3 is 14.8 Å². The molecule has 5 heteroatoms. The summed E-state index contributed by atoms with van der Waals surface area (Å²) in [6, 6.07) is 0.503. The van der Waals surface area contributed by atoms with Gasteiger partial charge in [0.25, 0.3) is 0 Å². The number of aromatic nitrogens is 2. The molecule has 1 aromatic heterocycles. The molecular formula is C15H25N3O2. The highest BCUT2D eigenvalue weighted by atomic mass is 16.6. The summed E-state index contributed by atoms with van der Waals surface area (Å²) in [7, 11) is 0. The molecule has 0 aromatic carbocycles. The van der Waals surface area contributed by atoms with Gasteiger partial charge in [0.2, 0.25) is 0 Å². The van der Waals surface area contributed by atoms with Crippen molar-refractivity contribution >= 4 is 0 Å². The van der Waals surface area contributed by atoms with Crippen LogP contribution >= 0.6 is 0 Å². The van der Waals surface area contributed by atoms with Crippen LogP contribution in [0.2, 0.25) is 0 Å². The number of hydrogen-bond acceptors (Lipinski definition) is 5. The van der Waals surface area contributed by atoms with Crippen LogP contribution < -0.4 is 5.32 Å². The molecule has 0 bridgehead atoms. The van der Waals surface area contributed by atoms with E-state index in [-0.39, 0.29) is 6.10 Å². The van der Waals surface area contributed by atoms with Gasteiger partial charge in [0.1, 0.15) is 6.10 Å². The number of aryl methyl sites for hydroxylation is 2. The lowest BCUT2D eigenvalue weighted by Crippen LogP contribution is -2.26. The van der Waals surface area contributed by atoms with Crippen LogP contribution in [0.1, 0.15) is 42.7 Å². The van der Waals surface area contributed by atoms with Gasteiger partial charge in [-0.05, 0) is 32.4 Å². The molecule has 1 unspecified atom stereocenters. The van der Waals surface area contributed by atoms with E-state index in [4.69, 9.17) is 9.47 Å². The van der Waals surface area contributed by atoms with Crippen molar-refractivity contribution in [3.63, 3.8) is 0 Å². The Hall–Kier alpha value is -1.04. The molecule has 20 heavy (non-hydrogen) atoms. The van der Waals surface area contributed by atoms with E-state index in [0.29, 0.717) is 25.9 Å². The Bertz CT molecular complexity index is 420. The highest BCUT2D eigenvalue weighted by Gasteiger charge is 2.21. The van der Waals surface area contributed by atoms with Crippen LogP contribution in [0.25, 0.3) is 0 Å². The van der Waals surface area contributed by atoms with Crippen molar-refractivity contribution in [1.29, 1.82) is 0 Å². The lowest BCUT2D eigenvalue weighted by Gasteiger charge is -2.23. The molecule has 5 nitrogen and oxygen atoms in total. The van der Waals surface area contributed by atoms with Crippen molar-refractivity contribution < 1.29 is 9.47 Å². The molecule has 1 aliphatic rings. The van der Waals surface area contributed by atoms with Gasteiger partial charge in [-0.15, -0.1) is 0 Å². The van der Waals surface area contributed by atoms with Gasteiger partial charge in [0.05, 0.1) is 19.8 Å². The highest BCUT2D eigenvalue weighted by Crippen LogP contribution is 2.20. The fourth-order valence-electron chi connectivity index (χ4n) is 2.39. The Labute approximate surface area is 121 Å². The first-order valence-electron chi connectivity index (χ1n) is 7.34. The normalized spacial score (nSPS) is 19.6. The van der Waals surface area contributed by atoms with Crippen LogP contribution in [-0.4, -0.2) is 42.4 Å². The monoisotopic (exact) mass is 279 g/mol. The third-order valence-electron chi connectivity index (χ3n) is 3.47. The van der Waals surface area contributed by atoms with Crippen molar-refractivity contribution in [3.05, 3.63) is 22.8 Å². The smallest absolute Gasteiger partial charge is 0.160 e. The Kier molecular flexibility index (Phi) is 5.46. The van der Waals surface area contributed by atoms with Crippen LogP contribution in [0.5, 0.6) is 0 Å². The molecule has 0 radical (unpaired) electrons. The SMILES string of the molecule is Cc1nc(C2COCCO2)nc(C)c1CCNC(C)C. The van der Waals surface area contributed by atoms with E-state index in [1.54, 1.807) is 0 Å². The summed E-state index contributed by atoms with van der Waals surface area (Å²) in [5.41, 5.74) is 3.33. The predicted octanol–water partition coefficient (Wildman–Crippen LogP) is 1.72. The molecule has 1 aromatic rings. The van der Waals surface area contributed by atoms with E-state index < -0.39 is 0 Å². The summed E-state index contributed by atoms with van der Waals surface area (Å²) in [4.78, 5) is 9.22. The maximum atomic E-state index is 5.66. The van der Waals surface area contributed by atoms with E-state index >= 15 is 0 Å². The molecule has 0 aliphatic carbocycles. The maximum Gasteiger partial charge on any atom is 0.160 e. The van der Waals surface area contributed by atoms with Crippen molar-refractivity contribution in [1.82, 2.24) is 15.3 Å². The minimum Gasteiger partial charge on any atom is -0.376 e. The summed E-state index contributed by atoms with van der Waals surface area (Å²) in [6.45, 7) is 11.2. The van der Waals surface area contributed by atoms with Gasteiger partial charge >= 0.3 is 0 Å². The van der Waals surface area contributed by atoms with Gasteiger partial charge in [0, 0.05) is 17.4 Å². The molecule has 2 rings (SSSR count). The topological polar surface area (TPSA) is 56.3 Å². The standard InChI is InChI=1S/C15H25N3O2/c1-10(2)16-6-5-13-11(3)17-15(18-12(13)4)14-9-19-7-8-20-14/h10,14,16H,5-9H2,1-4H3. The first kappa shape index (κ1) is 15.4. The maximum absolute atomic E-state index is 5.66. The molecule has 1 fully saturated rings. The summed E-state index contributed by atoms with van der Waals surface area (Å²) in [6.07, 6.45) is 0.835. The quantitative estimate of drug-likeness (QED) is 0.889. The fourth-order valence-corrected chi connectivity index (χ4v) is 2.39. The Morgan fingerprint density at radius 1 is 1.20 bits per heavy atom. The second kappa shape index (κ2) is 7.11. The minimum atomic E-state index is -0.121. The van der Waals surface area contributed by atoms with Crippen molar-refractivity contribution in [2.75, 3.05) is 26.4 Å². The Morgan fingerprint density at radius 3 is 2.45 bits per heavy atom. The molecule has 0 spiro atoms. The second-order valence-corrected chi connectivity index (χ2v) is 5.52. The van der Waals surface area contributed by atoms with E-state index in [1.807, 2.05) is 13.8 Å².